The monoisotopic (exact) mass is 496 g/mol. The highest BCUT2D eigenvalue weighted by Gasteiger charge is 2.50. The van der Waals surface area contributed by atoms with Gasteiger partial charge >= 0.3 is 5.97 Å². The van der Waals surface area contributed by atoms with E-state index in [0.29, 0.717) is 12.8 Å². The quantitative estimate of drug-likeness (QED) is 0.129. The predicted molar refractivity (Wildman–Crippen MR) is 115 cm³/mol. The van der Waals surface area contributed by atoms with E-state index in [4.69, 9.17) is 18.9 Å². The zero-order valence-corrected chi connectivity index (χ0v) is 19.8. The van der Waals surface area contributed by atoms with E-state index in [9.17, 15) is 35.4 Å². The lowest BCUT2D eigenvalue weighted by atomic mass is 9.97. The molecule has 2 rings (SSSR count). The molecule has 0 bridgehead atoms. The molecule has 0 aromatic heterocycles. The molecule has 0 saturated carbocycles. The molecule has 200 valence electrons. The van der Waals surface area contributed by atoms with Crippen LogP contribution in [0.15, 0.2) is 0 Å². The summed E-state index contributed by atoms with van der Waals surface area (Å²) in [5.41, 5.74) is 0. The number of carbonyl (C=O) groups is 1. The van der Waals surface area contributed by atoms with Crippen molar-refractivity contribution in [3.63, 3.8) is 0 Å². The third kappa shape index (κ3) is 8.05. The predicted octanol–water partition coefficient (Wildman–Crippen LogP) is -1.44. The van der Waals surface area contributed by atoms with E-state index in [2.05, 4.69) is 4.74 Å². The smallest absolute Gasteiger partial charge is 0.305 e. The number of hydrogen-bond donors (Lipinski definition) is 6. The van der Waals surface area contributed by atoms with Crippen LogP contribution in [0.2, 0.25) is 0 Å². The van der Waals surface area contributed by atoms with Gasteiger partial charge in [-0.1, -0.05) is 25.7 Å². The first-order valence-electron chi connectivity index (χ1n) is 11.9. The maximum atomic E-state index is 11.1. The first-order chi connectivity index (χ1) is 16.2. The Labute approximate surface area is 199 Å². The molecule has 6 N–H and O–H groups in total. The van der Waals surface area contributed by atoms with Crippen molar-refractivity contribution >= 4 is 5.97 Å². The Hall–Kier alpha value is -0.930. The molecule has 34 heavy (non-hydrogen) atoms. The van der Waals surface area contributed by atoms with Crippen LogP contribution in [0.25, 0.3) is 0 Å². The summed E-state index contributed by atoms with van der Waals surface area (Å²) >= 11 is 0. The Morgan fingerprint density at radius 1 is 0.794 bits per heavy atom. The molecule has 0 radical (unpaired) electrons. The van der Waals surface area contributed by atoms with Crippen LogP contribution in [0.4, 0.5) is 0 Å². The second-order valence-electron chi connectivity index (χ2n) is 8.81. The molecule has 0 aromatic carbocycles. The summed E-state index contributed by atoms with van der Waals surface area (Å²) in [6, 6.07) is 0. The molecular formula is C22H40O12. The summed E-state index contributed by atoms with van der Waals surface area (Å²) in [7, 11) is 1.37. The molecule has 0 unspecified atom stereocenters. The van der Waals surface area contributed by atoms with Crippen LogP contribution in [-0.4, -0.2) is 118 Å². The van der Waals surface area contributed by atoms with Gasteiger partial charge in [-0.05, 0) is 19.8 Å². The molecule has 2 fully saturated rings. The van der Waals surface area contributed by atoms with Crippen LogP contribution in [0.1, 0.15) is 51.9 Å². The van der Waals surface area contributed by atoms with Gasteiger partial charge in [0.05, 0.1) is 19.8 Å². The standard InChI is InChI=1S/C22H40O12/c1-12-15(25)18(28)20(34-21-19(29)17(27)16(26)13(11-23)33-21)22(32-12)31-10-8-6-4-3-5-7-9-14(24)30-2/h12-13,15-23,25-29H,3-11H2,1-2H3/t12-,13-,15-,16-,17+,18+,19-,20-,21-,22+/m1/s1. The van der Waals surface area contributed by atoms with E-state index in [1.54, 1.807) is 6.92 Å². The average Bonchev–Trinajstić information content (AvgIpc) is 2.83. The van der Waals surface area contributed by atoms with Gasteiger partial charge < -0.3 is 54.3 Å². The molecular weight excluding hydrogens is 456 g/mol. The lowest BCUT2D eigenvalue weighted by molar-refractivity contribution is -0.364. The van der Waals surface area contributed by atoms with Crippen molar-refractivity contribution in [3.05, 3.63) is 0 Å². The van der Waals surface area contributed by atoms with Gasteiger partial charge in [-0.2, -0.15) is 0 Å². The molecule has 12 heteroatoms. The van der Waals surface area contributed by atoms with E-state index in [-0.39, 0.29) is 12.6 Å². The first kappa shape index (κ1) is 29.3. The molecule has 10 atom stereocenters. The lowest BCUT2D eigenvalue weighted by Gasteiger charge is -2.45. The van der Waals surface area contributed by atoms with Crippen molar-refractivity contribution in [1.82, 2.24) is 0 Å². The highest BCUT2D eigenvalue weighted by molar-refractivity contribution is 5.68. The molecule has 2 aliphatic rings. The number of hydrogen-bond acceptors (Lipinski definition) is 12. The largest absolute Gasteiger partial charge is 0.469 e. The van der Waals surface area contributed by atoms with Gasteiger partial charge in [-0.25, -0.2) is 0 Å². The van der Waals surface area contributed by atoms with E-state index in [1.165, 1.54) is 7.11 Å². The third-order valence-electron chi connectivity index (χ3n) is 6.21. The molecule has 0 aliphatic carbocycles. The van der Waals surface area contributed by atoms with E-state index in [0.717, 1.165) is 32.1 Å². The Bertz CT molecular complexity index is 590. The molecule has 2 saturated heterocycles. The SMILES string of the molecule is COC(=O)CCCCCCCCO[C@H]1O[C@H](C)[C@@H](O)[C@H](O)[C@H]1O[C@H]1O[C@H](CO)[C@@H](O)[C@H](O)[C@H]1O. The minimum atomic E-state index is -1.67. The maximum absolute atomic E-state index is 11.1. The Morgan fingerprint density at radius 3 is 2.09 bits per heavy atom. The lowest BCUT2D eigenvalue weighted by Crippen LogP contribution is -2.64. The van der Waals surface area contributed by atoms with Gasteiger partial charge in [-0.15, -0.1) is 0 Å². The van der Waals surface area contributed by atoms with Crippen molar-refractivity contribution < 1.29 is 59.1 Å². The van der Waals surface area contributed by atoms with Gasteiger partial charge in [-0.3, -0.25) is 4.79 Å². The van der Waals surface area contributed by atoms with Gasteiger partial charge in [0.25, 0.3) is 0 Å². The summed E-state index contributed by atoms with van der Waals surface area (Å²) < 4.78 is 27.0. The Balaban J connectivity index is 1.82. The molecule has 12 nitrogen and oxygen atoms in total. The summed E-state index contributed by atoms with van der Waals surface area (Å²) in [4.78, 5) is 11.1. The maximum Gasteiger partial charge on any atom is 0.305 e. The Morgan fingerprint density at radius 2 is 1.44 bits per heavy atom. The van der Waals surface area contributed by atoms with Crippen molar-refractivity contribution in [3.8, 4) is 0 Å². The van der Waals surface area contributed by atoms with Crippen molar-refractivity contribution in [2.75, 3.05) is 20.3 Å². The van der Waals surface area contributed by atoms with Crippen LogP contribution in [0.3, 0.4) is 0 Å². The number of unbranched alkanes of at least 4 members (excludes halogenated alkanes) is 5. The van der Waals surface area contributed by atoms with Gasteiger partial charge in [0.1, 0.15) is 42.7 Å². The van der Waals surface area contributed by atoms with Crippen molar-refractivity contribution in [2.24, 2.45) is 0 Å². The number of methoxy groups -OCH3 is 1. The minimum Gasteiger partial charge on any atom is -0.469 e. The molecule has 0 aromatic rings. The van der Waals surface area contributed by atoms with E-state index in [1.807, 2.05) is 0 Å². The van der Waals surface area contributed by atoms with E-state index >= 15 is 0 Å². The molecule has 2 aliphatic heterocycles. The first-order valence-corrected chi connectivity index (χ1v) is 11.9. The molecule has 0 spiro atoms. The summed E-state index contributed by atoms with van der Waals surface area (Å²) in [6.07, 6.45) is -7.71. The van der Waals surface area contributed by atoms with E-state index < -0.39 is 68.0 Å². The minimum absolute atomic E-state index is 0.206. The number of ether oxygens (including phenoxy) is 5. The van der Waals surface area contributed by atoms with Crippen LogP contribution >= 0.6 is 0 Å². The molecule has 0 amide bonds. The highest BCUT2D eigenvalue weighted by Crippen LogP contribution is 2.29. The zero-order valence-electron chi connectivity index (χ0n) is 19.8. The highest BCUT2D eigenvalue weighted by atomic mass is 16.8. The number of rotatable bonds is 13. The number of carbonyl (C=O) groups excluding carboxylic acids is 1. The number of aliphatic hydroxyl groups is 6. The van der Waals surface area contributed by atoms with Crippen molar-refractivity contribution in [2.45, 2.75) is 113 Å². The van der Waals surface area contributed by atoms with Gasteiger partial charge in [0.2, 0.25) is 0 Å². The fraction of sp³-hybridized carbons (Fsp3) is 0.955. The number of esters is 1. The van der Waals surface area contributed by atoms with Crippen LogP contribution in [0.5, 0.6) is 0 Å². The summed E-state index contributed by atoms with van der Waals surface area (Å²) in [6.45, 7) is 1.23. The fourth-order valence-corrected chi connectivity index (χ4v) is 4.00. The second kappa shape index (κ2) is 14.6. The number of aliphatic hydroxyl groups excluding tert-OH is 6. The second-order valence-corrected chi connectivity index (χ2v) is 8.81. The normalized spacial score (nSPS) is 38.6. The van der Waals surface area contributed by atoms with Crippen LogP contribution < -0.4 is 0 Å². The van der Waals surface area contributed by atoms with Gasteiger partial charge in [0.15, 0.2) is 12.6 Å². The topological polar surface area (TPSA) is 185 Å². The average molecular weight is 497 g/mol. The van der Waals surface area contributed by atoms with Crippen LogP contribution in [-0.2, 0) is 28.5 Å². The summed E-state index contributed by atoms with van der Waals surface area (Å²) in [5.74, 6) is -0.206. The zero-order chi connectivity index (χ0) is 25.3. The van der Waals surface area contributed by atoms with Crippen molar-refractivity contribution in [1.29, 1.82) is 0 Å². The third-order valence-corrected chi connectivity index (χ3v) is 6.21. The fourth-order valence-electron chi connectivity index (χ4n) is 4.00. The van der Waals surface area contributed by atoms with Gasteiger partial charge in [0, 0.05) is 13.0 Å². The Kier molecular flexibility index (Phi) is 12.6. The summed E-state index contributed by atoms with van der Waals surface area (Å²) in [5, 5.41) is 60.2. The molecule has 2 heterocycles. The van der Waals surface area contributed by atoms with Crippen LogP contribution in [0, 0.1) is 0 Å².